The number of para-hydroxylation sites is 1. The lowest BCUT2D eigenvalue weighted by Crippen LogP contribution is -2.37. The van der Waals surface area contributed by atoms with Crippen molar-refractivity contribution < 1.29 is 4.79 Å². The monoisotopic (exact) mass is 312 g/mol. The molecule has 3 heteroatoms. The van der Waals surface area contributed by atoms with Gasteiger partial charge in [0, 0.05) is 36.6 Å². The fourth-order valence-electron chi connectivity index (χ4n) is 3.73. The first kappa shape index (κ1) is 16.1. The van der Waals surface area contributed by atoms with Gasteiger partial charge in [0.25, 0.3) is 0 Å². The normalized spacial score (nSPS) is 16.1. The molecule has 1 aliphatic heterocycles. The number of piperidine rings is 1. The molecule has 0 radical (unpaired) electrons. The predicted molar refractivity (Wildman–Crippen MR) is 95.6 cm³/mol. The summed E-state index contributed by atoms with van der Waals surface area (Å²) in [4.78, 5) is 17.7. The molecule has 2 aromatic rings. The zero-order valence-electron chi connectivity index (χ0n) is 14.2. The van der Waals surface area contributed by atoms with E-state index >= 15 is 0 Å². The van der Waals surface area contributed by atoms with E-state index in [1.807, 2.05) is 0 Å². The van der Waals surface area contributed by atoms with Gasteiger partial charge in [-0.15, -0.1) is 0 Å². The van der Waals surface area contributed by atoms with Crippen molar-refractivity contribution >= 4 is 16.8 Å². The second-order valence-corrected chi connectivity index (χ2v) is 6.76. The topological polar surface area (TPSA) is 36.1 Å². The van der Waals surface area contributed by atoms with Gasteiger partial charge in [-0.25, -0.2) is 0 Å². The Bertz CT molecular complexity index is 638. The predicted octanol–water partition coefficient (Wildman–Crippen LogP) is 4.84. The number of H-pyrrole nitrogens is 1. The van der Waals surface area contributed by atoms with Crippen molar-refractivity contribution in [1.29, 1.82) is 0 Å². The molecular weight excluding hydrogens is 284 g/mol. The summed E-state index contributed by atoms with van der Waals surface area (Å²) < 4.78 is 0. The number of carbonyl (C=O) groups is 1. The van der Waals surface area contributed by atoms with Crippen molar-refractivity contribution in [3.63, 3.8) is 0 Å². The summed E-state index contributed by atoms with van der Waals surface area (Å²) in [5.41, 5.74) is 2.65. The third kappa shape index (κ3) is 3.77. The smallest absolute Gasteiger partial charge is 0.222 e. The molecule has 1 aromatic carbocycles. The molecule has 0 unspecified atom stereocenters. The van der Waals surface area contributed by atoms with Crippen LogP contribution < -0.4 is 0 Å². The number of nitrogens with zero attached hydrogens (tertiary/aromatic N) is 1. The molecule has 1 N–H and O–H groups in total. The molecule has 3 rings (SSSR count). The van der Waals surface area contributed by atoms with Gasteiger partial charge in [-0.1, -0.05) is 44.4 Å². The van der Waals surface area contributed by atoms with Crippen LogP contribution in [0.25, 0.3) is 10.9 Å². The first-order valence-electron chi connectivity index (χ1n) is 9.13. The Kier molecular flexibility index (Phi) is 5.37. The fourth-order valence-corrected chi connectivity index (χ4v) is 3.73. The van der Waals surface area contributed by atoms with E-state index in [4.69, 9.17) is 0 Å². The zero-order valence-corrected chi connectivity index (χ0v) is 14.2. The number of nitrogens with one attached hydrogen (secondary N) is 1. The van der Waals surface area contributed by atoms with Crippen LogP contribution in [0, 0.1) is 0 Å². The van der Waals surface area contributed by atoms with Crippen LogP contribution in [0.5, 0.6) is 0 Å². The second-order valence-electron chi connectivity index (χ2n) is 6.76. The molecule has 0 saturated carbocycles. The molecule has 1 amide bonds. The highest BCUT2D eigenvalue weighted by molar-refractivity contribution is 5.83. The highest BCUT2D eigenvalue weighted by Gasteiger charge is 2.24. The van der Waals surface area contributed by atoms with E-state index in [0.29, 0.717) is 11.8 Å². The van der Waals surface area contributed by atoms with Gasteiger partial charge in [0.2, 0.25) is 5.91 Å². The molecule has 0 atom stereocenters. The van der Waals surface area contributed by atoms with Crippen LogP contribution in [0.1, 0.15) is 63.4 Å². The van der Waals surface area contributed by atoms with Crippen LogP contribution >= 0.6 is 0 Å². The number of fused-ring (bicyclic) bond motifs is 1. The van der Waals surface area contributed by atoms with Crippen molar-refractivity contribution in [3.05, 3.63) is 36.0 Å². The van der Waals surface area contributed by atoms with Gasteiger partial charge in [0.1, 0.15) is 0 Å². The second kappa shape index (κ2) is 7.67. The van der Waals surface area contributed by atoms with Gasteiger partial charge >= 0.3 is 0 Å². The lowest BCUT2D eigenvalue weighted by atomic mass is 9.89. The van der Waals surface area contributed by atoms with E-state index in [2.05, 4.69) is 47.3 Å². The van der Waals surface area contributed by atoms with Crippen LogP contribution in [-0.2, 0) is 4.79 Å². The number of amides is 1. The van der Waals surface area contributed by atoms with E-state index in [1.165, 1.54) is 35.7 Å². The van der Waals surface area contributed by atoms with E-state index in [1.54, 1.807) is 0 Å². The third-order valence-electron chi connectivity index (χ3n) is 5.15. The molecule has 0 bridgehead atoms. The SMILES string of the molecule is CCCCCCC(=O)N1CCC(c2c[nH]c3ccccc23)CC1. The number of benzene rings is 1. The van der Waals surface area contributed by atoms with Crippen LogP contribution in [0.4, 0.5) is 0 Å². The van der Waals surface area contributed by atoms with Gasteiger partial charge in [0.15, 0.2) is 0 Å². The number of carbonyl (C=O) groups excluding carboxylic acids is 1. The third-order valence-corrected chi connectivity index (χ3v) is 5.15. The average Bonchev–Trinajstić information content (AvgIpc) is 3.03. The Labute approximate surface area is 139 Å². The number of unbranched alkanes of at least 4 members (excludes halogenated alkanes) is 3. The minimum Gasteiger partial charge on any atom is -0.361 e. The van der Waals surface area contributed by atoms with E-state index in [9.17, 15) is 4.79 Å². The number of rotatable bonds is 6. The van der Waals surface area contributed by atoms with Crippen LogP contribution in [0.3, 0.4) is 0 Å². The number of aromatic amines is 1. The largest absolute Gasteiger partial charge is 0.361 e. The summed E-state index contributed by atoms with van der Waals surface area (Å²) in [6.45, 7) is 4.03. The van der Waals surface area contributed by atoms with Gasteiger partial charge in [-0.2, -0.15) is 0 Å². The summed E-state index contributed by atoms with van der Waals surface area (Å²) in [5.74, 6) is 0.939. The zero-order chi connectivity index (χ0) is 16.1. The Hall–Kier alpha value is -1.77. The molecular formula is C20H28N2O. The van der Waals surface area contributed by atoms with Crippen LogP contribution in [-0.4, -0.2) is 28.9 Å². The van der Waals surface area contributed by atoms with E-state index in [-0.39, 0.29) is 0 Å². The fraction of sp³-hybridized carbons (Fsp3) is 0.550. The number of hydrogen-bond donors (Lipinski definition) is 1. The van der Waals surface area contributed by atoms with Gasteiger partial charge < -0.3 is 9.88 Å². The summed E-state index contributed by atoms with van der Waals surface area (Å²) >= 11 is 0. The lowest BCUT2D eigenvalue weighted by molar-refractivity contribution is -0.132. The Balaban J connectivity index is 1.53. The maximum atomic E-state index is 12.3. The van der Waals surface area contributed by atoms with Gasteiger partial charge in [-0.3, -0.25) is 4.79 Å². The molecule has 3 nitrogen and oxygen atoms in total. The quantitative estimate of drug-likeness (QED) is 0.761. The molecule has 124 valence electrons. The molecule has 0 aliphatic carbocycles. The standard InChI is InChI=1S/C20H28N2O/c1-2-3-4-5-10-20(23)22-13-11-16(12-14-22)18-15-21-19-9-7-6-8-17(18)19/h6-9,15-16,21H,2-5,10-14H2,1H3. The first-order chi connectivity index (χ1) is 11.3. The lowest BCUT2D eigenvalue weighted by Gasteiger charge is -2.32. The Morgan fingerprint density at radius 1 is 1.17 bits per heavy atom. The van der Waals surface area contributed by atoms with E-state index in [0.717, 1.165) is 38.8 Å². The van der Waals surface area contributed by atoms with Crippen molar-refractivity contribution in [1.82, 2.24) is 9.88 Å². The van der Waals surface area contributed by atoms with Crippen molar-refractivity contribution in [2.45, 2.75) is 57.8 Å². The summed E-state index contributed by atoms with van der Waals surface area (Å²) in [5, 5.41) is 1.34. The van der Waals surface area contributed by atoms with Crippen molar-refractivity contribution in [2.24, 2.45) is 0 Å². The molecule has 1 aromatic heterocycles. The highest BCUT2D eigenvalue weighted by Crippen LogP contribution is 2.33. The minimum absolute atomic E-state index is 0.360. The Morgan fingerprint density at radius 2 is 1.96 bits per heavy atom. The minimum atomic E-state index is 0.360. The highest BCUT2D eigenvalue weighted by atomic mass is 16.2. The molecule has 0 spiro atoms. The molecule has 1 aliphatic rings. The maximum Gasteiger partial charge on any atom is 0.222 e. The maximum absolute atomic E-state index is 12.3. The van der Waals surface area contributed by atoms with Gasteiger partial charge in [0.05, 0.1) is 0 Å². The number of likely N-dealkylation sites (tertiary alicyclic amines) is 1. The van der Waals surface area contributed by atoms with Crippen LogP contribution in [0.15, 0.2) is 30.5 Å². The Morgan fingerprint density at radius 3 is 2.74 bits per heavy atom. The van der Waals surface area contributed by atoms with Crippen molar-refractivity contribution in [2.75, 3.05) is 13.1 Å². The summed E-state index contributed by atoms with van der Waals surface area (Å²) in [6, 6.07) is 8.51. The van der Waals surface area contributed by atoms with Gasteiger partial charge in [-0.05, 0) is 36.8 Å². The molecule has 2 heterocycles. The summed E-state index contributed by atoms with van der Waals surface area (Å²) in [6.07, 6.45) is 9.78. The van der Waals surface area contributed by atoms with E-state index < -0.39 is 0 Å². The van der Waals surface area contributed by atoms with Crippen molar-refractivity contribution in [3.8, 4) is 0 Å². The molecule has 23 heavy (non-hydrogen) atoms. The molecule has 1 fully saturated rings. The van der Waals surface area contributed by atoms with Crippen LogP contribution in [0.2, 0.25) is 0 Å². The number of hydrogen-bond acceptors (Lipinski definition) is 1. The average molecular weight is 312 g/mol. The summed E-state index contributed by atoms with van der Waals surface area (Å²) in [7, 11) is 0. The number of aromatic nitrogens is 1. The molecule has 1 saturated heterocycles. The first-order valence-corrected chi connectivity index (χ1v) is 9.13.